The highest BCUT2D eigenvalue weighted by atomic mass is 32.1. The van der Waals surface area contributed by atoms with Crippen LogP contribution >= 0.6 is 12.6 Å². The lowest BCUT2D eigenvalue weighted by Crippen LogP contribution is -2.35. The maximum absolute atomic E-state index is 11.6. The van der Waals surface area contributed by atoms with Gasteiger partial charge in [0.15, 0.2) is 0 Å². The van der Waals surface area contributed by atoms with Gasteiger partial charge in [-0.3, -0.25) is 4.79 Å². The summed E-state index contributed by atoms with van der Waals surface area (Å²) in [5.74, 6) is 0.192. The highest BCUT2D eigenvalue weighted by Crippen LogP contribution is 2.31. The molecule has 186 valence electrons. The number of amides is 1. The van der Waals surface area contributed by atoms with Crippen molar-refractivity contribution in [3.63, 3.8) is 0 Å². The molecule has 0 aromatic heterocycles. The molecule has 0 rings (SSSR count). The second-order valence-corrected chi connectivity index (χ2v) is 11.4. The molecule has 1 amide bonds. The van der Waals surface area contributed by atoms with Gasteiger partial charge in [0.2, 0.25) is 0 Å². The van der Waals surface area contributed by atoms with Gasteiger partial charge in [0.1, 0.15) is 6.61 Å². The van der Waals surface area contributed by atoms with Gasteiger partial charge in [0, 0.05) is 25.0 Å². The third kappa shape index (κ3) is 23.5. The smallest absolute Gasteiger partial charge is 0.407 e. The van der Waals surface area contributed by atoms with Crippen LogP contribution in [0, 0.1) is 11.3 Å². The van der Waals surface area contributed by atoms with E-state index in [1.54, 1.807) is 7.11 Å². The lowest BCUT2D eigenvalue weighted by molar-refractivity contribution is -0.143. The van der Waals surface area contributed by atoms with Crippen molar-refractivity contribution < 1.29 is 28.9 Å². The number of thiol groups is 1. The van der Waals surface area contributed by atoms with Gasteiger partial charge < -0.3 is 24.6 Å². The lowest BCUT2D eigenvalue weighted by Gasteiger charge is -2.30. The van der Waals surface area contributed by atoms with Gasteiger partial charge in [-0.05, 0) is 51.4 Å². The predicted molar refractivity (Wildman–Crippen MR) is 129 cm³/mol. The molecule has 0 saturated heterocycles. The van der Waals surface area contributed by atoms with Crippen LogP contribution in [0.2, 0.25) is 0 Å². The molecule has 0 spiro atoms. The number of aliphatic hydroxyl groups is 1. The van der Waals surface area contributed by atoms with Crippen molar-refractivity contribution in [3.8, 4) is 0 Å². The molecule has 0 aliphatic carbocycles. The molecule has 0 radical (unpaired) electrons. The van der Waals surface area contributed by atoms with Gasteiger partial charge >= 0.3 is 12.1 Å². The van der Waals surface area contributed by atoms with Crippen molar-refractivity contribution in [1.29, 1.82) is 0 Å². The Morgan fingerprint density at radius 3 is 2.06 bits per heavy atom. The molecule has 8 heteroatoms. The Labute approximate surface area is 195 Å². The largest absolute Gasteiger partial charge is 0.466 e. The minimum atomic E-state index is -0.533. The number of rotatable bonds is 12. The Hall–Kier alpha value is -0.990. The first-order valence-electron chi connectivity index (χ1n) is 11.0. The van der Waals surface area contributed by atoms with E-state index in [1.165, 1.54) is 0 Å². The number of aliphatic hydroxyl groups excluding tert-OH is 1. The first-order chi connectivity index (χ1) is 14.0. The first kappa shape index (κ1) is 32.2. The molecule has 2 N–H and O–H groups in total. The van der Waals surface area contributed by atoms with Gasteiger partial charge in [-0.15, -0.1) is 0 Å². The summed E-state index contributed by atoms with van der Waals surface area (Å²) in [4.78, 5) is 23.1. The molecule has 1 unspecified atom stereocenters. The zero-order valence-electron chi connectivity index (χ0n) is 21.2. The molecule has 7 nitrogen and oxygen atoms in total. The number of carbonyl (C=O) groups excluding carboxylic acids is 2. The van der Waals surface area contributed by atoms with E-state index in [0.717, 1.165) is 12.8 Å². The van der Waals surface area contributed by atoms with Gasteiger partial charge in [0.25, 0.3) is 0 Å². The topological polar surface area (TPSA) is 94.1 Å². The molecular formula is C23H47NO6S. The van der Waals surface area contributed by atoms with Crippen LogP contribution in [0.4, 0.5) is 4.79 Å². The molecule has 0 saturated carbocycles. The van der Waals surface area contributed by atoms with Gasteiger partial charge in [0.05, 0.1) is 18.6 Å². The number of alkyl carbamates (subject to hydrolysis) is 1. The number of hydrogen-bond donors (Lipinski definition) is 3. The minimum absolute atomic E-state index is 0.107. The average molecular weight is 466 g/mol. The number of carbonyl (C=O) groups is 2. The SMILES string of the molecule is CC(C)CCOC(=O)CCNC(=O)OCC(C)(S)CC(C)(C)C.COC(C)(C)CCO. The summed E-state index contributed by atoms with van der Waals surface area (Å²) in [5, 5.41) is 11.0. The van der Waals surface area contributed by atoms with E-state index in [9.17, 15) is 9.59 Å². The monoisotopic (exact) mass is 465 g/mol. The minimum Gasteiger partial charge on any atom is -0.466 e. The maximum Gasteiger partial charge on any atom is 0.407 e. The quantitative estimate of drug-likeness (QED) is 0.288. The molecule has 0 aliphatic heterocycles. The van der Waals surface area contributed by atoms with Crippen LogP contribution < -0.4 is 5.32 Å². The van der Waals surface area contributed by atoms with E-state index < -0.39 is 6.09 Å². The Kier molecular flexibility index (Phi) is 16.4. The summed E-state index contributed by atoms with van der Waals surface area (Å²) in [6, 6.07) is 0. The number of ether oxygens (including phenoxy) is 3. The molecule has 0 aromatic carbocycles. The van der Waals surface area contributed by atoms with Crippen LogP contribution in [0.1, 0.15) is 81.1 Å². The molecule has 31 heavy (non-hydrogen) atoms. The van der Waals surface area contributed by atoms with E-state index in [1.807, 2.05) is 20.8 Å². The highest BCUT2D eigenvalue weighted by Gasteiger charge is 2.28. The summed E-state index contributed by atoms with van der Waals surface area (Å²) in [7, 11) is 1.65. The molecule has 0 aliphatic rings. The number of methoxy groups -OCH3 is 1. The Bertz CT molecular complexity index is 501. The van der Waals surface area contributed by atoms with Crippen molar-refractivity contribution in [2.24, 2.45) is 11.3 Å². The third-order valence-corrected chi connectivity index (χ3v) is 4.54. The van der Waals surface area contributed by atoms with E-state index in [-0.39, 0.29) is 47.9 Å². The molecular weight excluding hydrogens is 418 g/mol. The van der Waals surface area contributed by atoms with E-state index >= 15 is 0 Å². The first-order valence-corrected chi connectivity index (χ1v) is 11.4. The van der Waals surface area contributed by atoms with Crippen LogP contribution in [0.25, 0.3) is 0 Å². The highest BCUT2D eigenvalue weighted by molar-refractivity contribution is 7.81. The molecule has 1 atom stereocenters. The van der Waals surface area contributed by atoms with Crippen molar-refractivity contribution in [3.05, 3.63) is 0 Å². The fourth-order valence-corrected chi connectivity index (χ4v) is 3.12. The summed E-state index contributed by atoms with van der Waals surface area (Å²) < 4.78 is 14.9. The van der Waals surface area contributed by atoms with Gasteiger partial charge in [-0.25, -0.2) is 4.79 Å². The summed E-state index contributed by atoms with van der Waals surface area (Å²) in [5.41, 5.74) is -0.0508. The number of esters is 1. The van der Waals surface area contributed by atoms with Gasteiger partial charge in [-0.2, -0.15) is 12.6 Å². The fourth-order valence-electron chi connectivity index (χ4n) is 2.58. The number of hydrogen-bond acceptors (Lipinski definition) is 7. The molecule has 0 bridgehead atoms. The Morgan fingerprint density at radius 1 is 1.06 bits per heavy atom. The zero-order valence-corrected chi connectivity index (χ0v) is 22.1. The number of nitrogens with one attached hydrogen (secondary N) is 1. The Morgan fingerprint density at radius 2 is 1.65 bits per heavy atom. The normalized spacial score (nSPS) is 13.7. The molecule has 0 aromatic rings. The van der Waals surface area contributed by atoms with Crippen LogP contribution in [-0.2, 0) is 19.0 Å². The average Bonchev–Trinajstić information content (AvgIpc) is 2.58. The van der Waals surface area contributed by atoms with Crippen LogP contribution in [0.5, 0.6) is 0 Å². The summed E-state index contributed by atoms with van der Waals surface area (Å²) >= 11 is 4.55. The van der Waals surface area contributed by atoms with E-state index in [4.69, 9.17) is 19.3 Å². The molecule has 0 fully saturated rings. The molecule has 0 heterocycles. The summed E-state index contributed by atoms with van der Waals surface area (Å²) in [6.07, 6.45) is 1.97. The predicted octanol–water partition coefficient (Wildman–Crippen LogP) is 4.61. The fraction of sp³-hybridized carbons (Fsp3) is 0.913. The summed E-state index contributed by atoms with van der Waals surface area (Å²) in [6.45, 7) is 17.4. The second-order valence-electron chi connectivity index (χ2n) is 10.3. The standard InChI is InChI=1S/C17H33NO4S.C6H14O2/c1-13(2)8-10-21-14(19)7-9-18-15(20)22-12-17(6,23)11-16(3,4)5;1-6(2,8-3)4-5-7/h13,23H,7-12H2,1-6H3,(H,18,20);7H,4-5H2,1-3H3. The second kappa shape index (κ2) is 15.8. The van der Waals surface area contributed by atoms with Crippen LogP contribution in [-0.4, -0.2) is 61.0 Å². The zero-order chi connectivity index (χ0) is 24.7. The maximum atomic E-state index is 11.6. The third-order valence-electron chi connectivity index (χ3n) is 4.25. The van der Waals surface area contributed by atoms with Crippen molar-refractivity contribution in [2.45, 2.75) is 91.4 Å². The Balaban J connectivity index is 0. The lowest BCUT2D eigenvalue weighted by atomic mass is 9.85. The van der Waals surface area contributed by atoms with E-state index in [0.29, 0.717) is 18.9 Å². The van der Waals surface area contributed by atoms with Gasteiger partial charge in [-0.1, -0.05) is 34.6 Å². The van der Waals surface area contributed by atoms with Crippen LogP contribution in [0.15, 0.2) is 0 Å². The van der Waals surface area contributed by atoms with Crippen molar-refractivity contribution in [2.75, 3.05) is 33.5 Å². The van der Waals surface area contributed by atoms with Crippen LogP contribution in [0.3, 0.4) is 0 Å². The van der Waals surface area contributed by atoms with E-state index in [2.05, 4.69) is 52.6 Å². The van der Waals surface area contributed by atoms with Crippen molar-refractivity contribution >= 4 is 24.7 Å². The van der Waals surface area contributed by atoms with Crippen molar-refractivity contribution in [1.82, 2.24) is 5.32 Å².